The quantitative estimate of drug-likeness (QED) is 0.589. The molecule has 0 atom stereocenters. The summed E-state index contributed by atoms with van der Waals surface area (Å²) in [6.45, 7) is 3.99. The lowest BCUT2D eigenvalue weighted by atomic mass is 9.75. The maximum Gasteiger partial charge on any atom is 0.145 e. The number of carbonyl (C=O) groups excluding carboxylic acids is 1. The summed E-state index contributed by atoms with van der Waals surface area (Å²) in [4.78, 5) is 11.0. The molecule has 0 radical (unpaired) electrons. The second-order valence-corrected chi connectivity index (χ2v) is 4.94. The molecule has 0 unspecified atom stereocenters. The summed E-state index contributed by atoms with van der Waals surface area (Å²) in [5.41, 5.74) is 2.83. The van der Waals surface area contributed by atoms with Gasteiger partial charge in [-0.1, -0.05) is 66.7 Å². The molecule has 0 aliphatic heterocycles. The molecule has 19 heavy (non-hydrogen) atoms. The van der Waals surface area contributed by atoms with Gasteiger partial charge in [-0.2, -0.15) is 0 Å². The van der Waals surface area contributed by atoms with E-state index in [1.54, 1.807) is 0 Å². The molecule has 0 N–H and O–H groups in total. The van der Waals surface area contributed by atoms with Crippen molar-refractivity contribution in [2.24, 2.45) is 0 Å². The Hall–Kier alpha value is -2.15. The van der Waals surface area contributed by atoms with E-state index in [9.17, 15) is 4.79 Å². The van der Waals surface area contributed by atoms with Crippen LogP contribution in [0.4, 0.5) is 0 Å². The molecule has 0 heterocycles. The fraction of sp³-hybridized carbons (Fsp3) is 0.167. The van der Waals surface area contributed by atoms with Gasteiger partial charge in [0, 0.05) is 5.41 Å². The zero-order chi connectivity index (χ0) is 13.7. The Morgan fingerprint density at radius 3 is 1.68 bits per heavy atom. The Labute approximate surface area is 114 Å². The Morgan fingerprint density at radius 1 is 0.895 bits per heavy atom. The van der Waals surface area contributed by atoms with Crippen molar-refractivity contribution in [3.05, 3.63) is 83.4 Å². The summed E-state index contributed by atoms with van der Waals surface area (Å²) in [6.07, 6.45) is 2.94. The lowest BCUT2D eigenvalue weighted by Gasteiger charge is -2.28. The van der Waals surface area contributed by atoms with Gasteiger partial charge >= 0.3 is 0 Å². The van der Waals surface area contributed by atoms with Crippen LogP contribution in [0.15, 0.2) is 72.3 Å². The zero-order valence-corrected chi connectivity index (χ0v) is 11.3. The van der Waals surface area contributed by atoms with E-state index in [2.05, 4.69) is 31.2 Å². The minimum absolute atomic E-state index is 0.284. The van der Waals surface area contributed by atoms with Crippen LogP contribution in [0, 0.1) is 0 Å². The average molecular weight is 250 g/mol. The first-order chi connectivity index (χ1) is 9.16. The highest BCUT2D eigenvalue weighted by molar-refractivity contribution is 5.73. The van der Waals surface area contributed by atoms with E-state index in [4.69, 9.17) is 0 Å². The Kier molecular flexibility index (Phi) is 3.96. The van der Waals surface area contributed by atoms with Crippen LogP contribution in [0.25, 0.3) is 0 Å². The Bertz CT molecular complexity index is 528. The molecule has 96 valence electrons. The van der Waals surface area contributed by atoms with Crippen LogP contribution < -0.4 is 0 Å². The minimum atomic E-state index is -0.284. The predicted octanol–water partition coefficient (Wildman–Crippen LogP) is 4.14. The largest absolute Gasteiger partial charge is 0.298 e. The first kappa shape index (κ1) is 13.3. The molecule has 0 bridgehead atoms. The van der Waals surface area contributed by atoms with Gasteiger partial charge in [-0.15, -0.1) is 0 Å². The summed E-state index contributed by atoms with van der Waals surface area (Å²) < 4.78 is 0. The fourth-order valence-corrected chi connectivity index (χ4v) is 2.39. The summed E-state index contributed by atoms with van der Waals surface area (Å²) >= 11 is 0. The maximum absolute atomic E-state index is 11.0. The van der Waals surface area contributed by atoms with Crippen molar-refractivity contribution < 1.29 is 4.79 Å². The number of allylic oxidation sites excluding steroid dienone is 2. The van der Waals surface area contributed by atoms with Crippen molar-refractivity contribution in [2.45, 2.75) is 19.3 Å². The molecule has 0 saturated carbocycles. The van der Waals surface area contributed by atoms with Crippen molar-refractivity contribution >= 4 is 6.29 Å². The number of carbonyl (C=O) groups is 1. The second kappa shape index (κ2) is 5.66. The van der Waals surface area contributed by atoms with E-state index >= 15 is 0 Å². The number of benzene rings is 2. The zero-order valence-electron chi connectivity index (χ0n) is 11.3. The number of aldehydes is 1. The first-order valence-corrected chi connectivity index (χ1v) is 6.42. The van der Waals surface area contributed by atoms with Crippen molar-refractivity contribution in [1.82, 2.24) is 0 Å². The molecule has 0 aliphatic rings. The van der Waals surface area contributed by atoms with Gasteiger partial charge in [0.05, 0.1) is 0 Å². The fourth-order valence-electron chi connectivity index (χ4n) is 2.39. The van der Waals surface area contributed by atoms with Gasteiger partial charge in [-0.25, -0.2) is 0 Å². The van der Waals surface area contributed by atoms with E-state index in [-0.39, 0.29) is 5.41 Å². The molecule has 1 heteroatoms. The molecular formula is C18H18O. The van der Waals surface area contributed by atoms with Crippen molar-refractivity contribution in [3.63, 3.8) is 0 Å². The van der Waals surface area contributed by atoms with Crippen LogP contribution >= 0.6 is 0 Å². The standard InChI is InChI=1S/C18H18O/c1-15(14-19)13-18(2,16-9-5-3-6-10-16)17-11-7-4-8-12-17/h3-14H,1-2H3/b15-13+. The van der Waals surface area contributed by atoms with Crippen LogP contribution in [0.2, 0.25) is 0 Å². The van der Waals surface area contributed by atoms with Gasteiger partial charge < -0.3 is 0 Å². The Balaban J connectivity index is 2.61. The van der Waals surface area contributed by atoms with Crippen LogP contribution in [0.5, 0.6) is 0 Å². The van der Waals surface area contributed by atoms with Crippen molar-refractivity contribution in [2.75, 3.05) is 0 Å². The molecule has 1 nitrogen and oxygen atoms in total. The highest BCUT2D eigenvalue weighted by Crippen LogP contribution is 2.34. The van der Waals surface area contributed by atoms with Gasteiger partial charge in [-0.3, -0.25) is 4.79 Å². The number of rotatable bonds is 4. The molecule has 0 spiro atoms. The van der Waals surface area contributed by atoms with E-state index in [0.717, 1.165) is 11.9 Å². The number of hydrogen-bond donors (Lipinski definition) is 0. The van der Waals surface area contributed by atoms with Crippen LogP contribution in [0.3, 0.4) is 0 Å². The predicted molar refractivity (Wildman–Crippen MR) is 79.2 cm³/mol. The third-order valence-corrected chi connectivity index (χ3v) is 3.45. The molecule has 0 aromatic heterocycles. The third-order valence-electron chi connectivity index (χ3n) is 3.45. The van der Waals surface area contributed by atoms with Gasteiger partial charge in [0.2, 0.25) is 0 Å². The van der Waals surface area contributed by atoms with Crippen LogP contribution in [0.1, 0.15) is 25.0 Å². The van der Waals surface area contributed by atoms with E-state index < -0.39 is 0 Å². The van der Waals surface area contributed by atoms with Crippen LogP contribution in [-0.2, 0) is 10.2 Å². The summed E-state index contributed by atoms with van der Waals surface area (Å²) in [7, 11) is 0. The lowest BCUT2D eigenvalue weighted by molar-refractivity contribution is -0.104. The number of hydrogen-bond acceptors (Lipinski definition) is 1. The lowest BCUT2D eigenvalue weighted by Crippen LogP contribution is -2.21. The summed E-state index contributed by atoms with van der Waals surface area (Å²) in [5.74, 6) is 0. The minimum Gasteiger partial charge on any atom is -0.298 e. The highest BCUT2D eigenvalue weighted by Gasteiger charge is 2.26. The topological polar surface area (TPSA) is 17.1 Å². The molecule has 2 aromatic carbocycles. The third kappa shape index (κ3) is 2.82. The molecule has 2 aromatic rings. The van der Waals surface area contributed by atoms with E-state index in [0.29, 0.717) is 0 Å². The molecule has 2 rings (SSSR count). The second-order valence-electron chi connectivity index (χ2n) is 4.94. The molecule has 0 saturated heterocycles. The van der Waals surface area contributed by atoms with Gasteiger partial charge in [-0.05, 0) is 30.5 Å². The molecular weight excluding hydrogens is 232 g/mol. The molecule has 0 amide bonds. The molecule has 0 aliphatic carbocycles. The normalized spacial score (nSPS) is 12.2. The van der Waals surface area contributed by atoms with Crippen molar-refractivity contribution in [1.29, 1.82) is 0 Å². The first-order valence-electron chi connectivity index (χ1n) is 6.42. The average Bonchev–Trinajstić information content (AvgIpc) is 2.48. The SMILES string of the molecule is C/C(C=O)=C\C(C)(c1ccccc1)c1ccccc1. The summed E-state index contributed by atoms with van der Waals surface area (Å²) in [5, 5.41) is 0. The smallest absolute Gasteiger partial charge is 0.145 e. The van der Waals surface area contributed by atoms with E-state index in [1.807, 2.05) is 49.4 Å². The van der Waals surface area contributed by atoms with Crippen LogP contribution in [-0.4, -0.2) is 6.29 Å². The monoisotopic (exact) mass is 250 g/mol. The van der Waals surface area contributed by atoms with Crippen molar-refractivity contribution in [3.8, 4) is 0 Å². The molecule has 0 fully saturated rings. The summed E-state index contributed by atoms with van der Waals surface area (Å²) in [6, 6.07) is 20.5. The van der Waals surface area contributed by atoms with Gasteiger partial charge in [0.1, 0.15) is 6.29 Å². The van der Waals surface area contributed by atoms with Gasteiger partial charge in [0.25, 0.3) is 0 Å². The van der Waals surface area contributed by atoms with Gasteiger partial charge in [0.15, 0.2) is 0 Å². The van der Waals surface area contributed by atoms with E-state index in [1.165, 1.54) is 11.1 Å². The Morgan fingerprint density at radius 2 is 1.32 bits per heavy atom. The maximum atomic E-state index is 11.0. The highest BCUT2D eigenvalue weighted by atomic mass is 16.1.